The average molecular weight is 237 g/mol. The lowest BCUT2D eigenvalue weighted by molar-refractivity contribution is -0.134. The second kappa shape index (κ2) is 7.03. The van der Waals surface area contributed by atoms with Crippen molar-refractivity contribution in [2.45, 2.75) is 83.1 Å². The molecule has 2 nitrogen and oxygen atoms in total. The standard InChI is InChI=1S/C15H27NO/c17-15-12-8-4-5-9-13-16(15)14-10-6-2-1-3-7-11-14/h14H,1-13H2. The van der Waals surface area contributed by atoms with Gasteiger partial charge in [-0.15, -0.1) is 0 Å². The molecule has 1 heterocycles. The summed E-state index contributed by atoms with van der Waals surface area (Å²) in [4.78, 5) is 14.4. The molecule has 0 aromatic rings. The Morgan fingerprint density at radius 2 is 1.35 bits per heavy atom. The molecule has 1 saturated carbocycles. The number of nitrogens with zero attached hydrogens (tertiary/aromatic N) is 1. The number of amides is 1. The van der Waals surface area contributed by atoms with Gasteiger partial charge >= 0.3 is 0 Å². The predicted molar refractivity (Wildman–Crippen MR) is 70.9 cm³/mol. The maximum Gasteiger partial charge on any atom is 0.222 e. The summed E-state index contributed by atoms with van der Waals surface area (Å²) in [7, 11) is 0. The average Bonchev–Trinajstić information content (AvgIpc) is 2.26. The first-order chi connectivity index (χ1) is 8.38. The van der Waals surface area contributed by atoms with Crippen molar-refractivity contribution in [2.75, 3.05) is 6.54 Å². The molecule has 2 heteroatoms. The minimum atomic E-state index is 0.440. The van der Waals surface area contributed by atoms with Crippen molar-refractivity contribution in [3.05, 3.63) is 0 Å². The van der Waals surface area contributed by atoms with Crippen LogP contribution in [0.2, 0.25) is 0 Å². The number of carbonyl (C=O) groups excluding carboxylic acids is 1. The van der Waals surface area contributed by atoms with Gasteiger partial charge in [-0.05, 0) is 25.7 Å². The van der Waals surface area contributed by atoms with E-state index in [1.54, 1.807) is 0 Å². The lowest BCUT2D eigenvalue weighted by Gasteiger charge is -2.34. The van der Waals surface area contributed by atoms with E-state index in [0.717, 1.165) is 19.4 Å². The largest absolute Gasteiger partial charge is 0.340 e. The first kappa shape index (κ1) is 12.9. The van der Waals surface area contributed by atoms with Crippen molar-refractivity contribution in [3.63, 3.8) is 0 Å². The van der Waals surface area contributed by atoms with Crippen molar-refractivity contribution < 1.29 is 4.79 Å². The van der Waals surface area contributed by atoms with Crippen LogP contribution in [0, 0.1) is 0 Å². The molecule has 1 aliphatic carbocycles. The van der Waals surface area contributed by atoms with Crippen molar-refractivity contribution in [2.24, 2.45) is 0 Å². The summed E-state index contributed by atoms with van der Waals surface area (Å²) in [5.41, 5.74) is 0. The van der Waals surface area contributed by atoms with Crippen LogP contribution in [0.4, 0.5) is 0 Å². The van der Waals surface area contributed by atoms with Gasteiger partial charge in [-0.1, -0.05) is 44.9 Å². The minimum absolute atomic E-state index is 0.440. The van der Waals surface area contributed by atoms with Crippen LogP contribution in [0.3, 0.4) is 0 Å². The van der Waals surface area contributed by atoms with Crippen molar-refractivity contribution in [1.82, 2.24) is 4.90 Å². The molecule has 1 saturated heterocycles. The Morgan fingerprint density at radius 1 is 0.765 bits per heavy atom. The summed E-state index contributed by atoms with van der Waals surface area (Å²) in [5.74, 6) is 0.440. The van der Waals surface area contributed by atoms with Crippen LogP contribution < -0.4 is 0 Å². The molecule has 17 heavy (non-hydrogen) atoms. The Bertz CT molecular complexity index is 231. The first-order valence-corrected chi connectivity index (χ1v) is 7.67. The van der Waals surface area contributed by atoms with E-state index >= 15 is 0 Å². The van der Waals surface area contributed by atoms with E-state index in [1.807, 2.05) is 0 Å². The Kier molecular flexibility index (Phi) is 5.34. The molecule has 98 valence electrons. The van der Waals surface area contributed by atoms with Crippen LogP contribution in [0.5, 0.6) is 0 Å². The van der Waals surface area contributed by atoms with Crippen LogP contribution in [0.1, 0.15) is 77.0 Å². The Morgan fingerprint density at radius 3 is 2.12 bits per heavy atom. The normalized spacial score (nSPS) is 25.9. The maximum atomic E-state index is 12.2. The summed E-state index contributed by atoms with van der Waals surface area (Å²) in [6.45, 7) is 1.03. The highest BCUT2D eigenvalue weighted by Crippen LogP contribution is 2.24. The molecular weight excluding hydrogens is 210 g/mol. The molecule has 2 fully saturated rings. The lowest BCUT2D eigenvalue weighted by Crippen LogP contribution is -2.41. The van der Waals surface area contributed by atoms with Gasteiger partial charge in [-0.2, -0.15) is 0 Å². The van der Waals surface area contributed by atoms with Crippen LogP contribution in [-0.4, -0.2) is 23.4 Å². The molecule has 0 spiro atoms. The third kappa shape index (κ3) is 4.01. The Hall–Kier alpha value is -0.530. The van der Waals surface area contributed by atoms with Crippen LogP contribution in [0.15, 0.2) is 0 Å². The number of rotatable bonds is 1. The summed E-state index contributed by atoms with van der Waals surface area (Å²) >= 11 is 0. The highest BCUT2D eigenvalue weighted by Gasteiger charge is 2.24. The third-order valence-electron chi connectivity index (χ3n) is 4.38. The van der Waals surface area contributed by atoms with Crippen molar-refractivity contribution >= 4 is 5.91 Å². The number of likely N-dealkylation sites (tertiary alicyclic amines) is 1. The quantitative estimate of drug-likeness (QED) is 0.677. The van der Waals surface area contributed by atoms with Crippen molar-refractivity contribution in [1.29, 1.82) is 0 Å². The van der Waals surface area contributed by atoms with Crippen LogP contribution in [0.25, 0.3) is 0 Å². The second-order valence-electron chi connectivity index (χ2n) is 5.75. The van der Waals surface area contributed by atoms with Crippen LogP contribution in [-0.2, 0) is 4.79 Å². The summed E-state index contributed by atoms with van der Waals surface area (Å²) in [6, 6.07) is 0.570. The molecule has 1 aliphatic heterocycles. The maximum absolute atomic E-state index is 12.2. The number of hydrogen-bond acceptors (Lipinski definition) is 1. The molecule has 1 amide bonds. The predicted octanol–water partition coefficient (Wildman–Crippen LogP) is 3.89. The van der Waals surface area contributed by atoms with Gasteiger partial charge in [0.15, 0.2) is 0 Å². The van der Waals surface area contributed by atoms with Gasteiger partial charge in [0, 0.05) is 19.0 Å². The van der Waals surface area contributed by atoms with E-state index in [-0.39, 0.29) is 0 Å². The zero-order valence-corrected chi connectivity index (χ0v) is 11.1. The molecular formula is C15H27NO. The molecule has 0 aromatic heterocycles. The fourth-order valence-electron chi connectivity index (χ4n) is 3.31. The Labute approximate surface area is 106 Å². The first-order valence-electron chi connectivity index (χ1n) is 7.67. The fraction of sp³-hybridized carbons (Fsp3) is 0.933. The topological polar surface area (TPSA) is 20.3 Å². The molecule has 0 unspecified atom stereocenters. The molecule has 0 atom stereocenters. The SMILES string of the molecule is O=C1CCCCCCN1C1CCCCCCC1. The van der Waals surface area contributed by atoms with Gasteiger partial charge in [0.2, 0.25) is 5.91 Å². The summed E-state index contributed by atoms with van der Waals surface area (Å²) in [5, 5.41) is 0. The van der Waals surface area contributed by atoms with E-state index in [4.69, 9.17) is 0 Å². The van der Waals surface area contributed by atoms with Gasteiger partial charge in [0.25, 0.3) is 0 Å². The third-order valence-corrected chi connectivity index (χ3v) is 4.38. The van der Waals surface area contributed by atoms with Gasteiger partial charge in [-0.25, -0.2) is 0 Å². The zero-order chi connectivity index (χ0) is 11.9. The summed E-state index contributed by atoms with van der Waals surface area (Å²) < 4.78 is 0. The monoisotopic (exact) mass is 237 g/mol. The smallest absolute Gasteiger partial charge is 0.222 e. The van der Waals surface area contributed by atoms with E-state index in [9.17, 15) is 4.79 Å². The fourth-order valence-corrected chi connectivity index (χ4v) is 3.31. The van der Waals surface area contributed by atoms with Gasteiger partial charge in [0.05, 0.1) is 0 Å². The molecule has 0 aromatic carbocycles. The van der Waals surface area contributed by atoms with E-state index in [0.29, 0.717) is 11.9 Å². The molecule has 2 rings (SSSR count). The number of hydrogen-bond donors (Lipinski definition) is 0. The molecule has 0 radical (unpaired) electrons. The molecule has 2 aliphatic rings. The van der Waals surface area contributed by atoms with Gasteiger partial charge < -0.3 is 4.90 Å². The lowest BCUT2D eigenvalue weighted by atomic mass is 9.94. The Balaban J connectivity index is 1.92. The number of carbonyl (C=O) groups is 1. The minimum Gasteiger partial charge on any atom is -0.340 e. The van der Waals surface area contributed by atoms with E-state index < -0.39 is 0 Å². The van der Waals surface area contributed by atoms with E-state index in [2.05, 4.69) is 4.90 Å². The highest BCUT2D eigenvalue weighted by molar-refractivity contribution is 5.76. The van der Waals surface area contributed by atoms with Gasteiger partial charge in [-0.3, -0.25) is 4.79 Å². The van der Waals surface area contributed by atoms with Crippen LogP contribution >= 0.6 is 0 Å². The molecule has 0 bridgehead atoms. The zero-order valence-electron chi connectivity index (χ0n) is 11.1. The second-order valence-corrected chi connectivity index (χ2v) is 5.75. The highest BCUT2D eigenvalue weighted by atomic mass is 16.2. The summed E-state index contributed by atoms with van der Waals surface area (Å²) in [6.07, 6.45) is 15.0. The van der Waals surface area contributed by atoms with E-state index in [1.165, 1.54) is 64.2 Å². The van der Waals surface area contributed by atoms with Gasteiger partial charge in [0.1, 0.15) is 0 Å². The van der Waals surface area contributed by atoms with Crippen molar-refractivity contribution in [3.8, 4) is 0 Å². The molecule has 0 N–H and O–H groups in total.